The number of hydrogen-bond acceptors (Lipinski definition) is 2. The largest absolute Gasteiger partial charge is 0.306 e. The van der Waals surface area contributed by atoms with Crippen molar-refractivity contribution in [2.75, 3.05) is 0 Å². The number of aromatic nitrogens is 2. The highest BCUT2D eigenvalue weighted by Gasteiger charge is 2.10. The first-order valence-corrected chi connectivity index (χ1v) is 6.89. The van der Waals surface area contributed by atoms with E-state index in [-0.39, 0.29) is 0 Å². The summed E-state index contributed by atoms with van der Waals surface area (Å²) in [5.41, 5.74) is 5.16. The molecule has 3 nitrogen and oxygen atoms in total. The number of rotatable bonds is 5. The molecule has 0 aliphatic rings. The Morgan fingerprint density at radius 1 is 1.21 bits per heavy atom. The van der Waals surface area contributed by atoms with Gasteiger partial charge in [-0.3, -0.25) is 4.68 Å². The molecule has 1 atom stereocenters. The maximum absolute atomic E-state index is 4.28. The van der Waals surface area contributed by atoms with Crippen LogP contribution >= 0.6 is 0 Å². The molecule has 0 bridgehead atoms. The molecule has 0 spiro atoms. The molecule has 1 aromatic heterocycles. The average Bonchev–Trinajstić information content (AvgIpc) is 2.73. The molecule has 0 aliphatic carbocycles. The Hall–Kier alpha value is -1.61. The summed E-state index contributed by atoms with van der Waals surface area (Å²) in [5.74, 6) is 0. The predicted octanol–water partition coefficient (Wildman–Crippen LogP) is 3.28. The van der Waals surface area contributed by atoms with Crippen molar-refractivity contribution in [1.29, 1.82) is 0 Å². The predicted molar refractivity (Wildman–Crippen MR) is 79.0 cm³/mol. The van der Waals surface area contributed by atoms with Crippen molar-refractivity contribution in [3.05, 3.63) is 52.8 Å². The molecule has 19 heavy (non-hydrogen) atoms. The molecule has 0 saturated carbocycles. The lowest BCUT2D eigenvalue weighted by Crippen LogP contribution is -2.20. The monoisotopic (exact) mass is 257 g/mol. The van der Waals surface area contributed by atoms with Crippen LogP contribution in [0.25, 0.3) is 0 Å². The Labute approximate surface area is 115 Å². The lowest BCUT2D eigenvalue weighted by Gasteiger charge is -2.17. The first-order valence-electron chi connectivity index (χ1n) is 6.89. The fourth-order valence-corrected chi connectivity index (χ4v) is 2.25. The Morgan fingerprint density at radius 2 is 1.89 bits per heavy atom. The quantitative estimate of drug-likeness (QED) is 0.891. The highest BCUT2D eigenvalue weighted by Crippen LogP contribution is 2.18. The second kappa shape index (κ2) is 6.02. The van der Waals surface area contributed by atoms with Crippen molar-refractivity contribution < 1.29 is 0 Å². The molecule has 2 rings (SSSR count). The standard InChI is InChI=1S/C16H23N3/c1-5-16(14-8-6-12(2)7-9-14)17-10-15-11-18-19(4)13(15)3/h6-9,11,16-17H,5,10H2,1-4H3. The lowest BCUT2D eigenvalue weighted by atomic mass is 10.0. The van der Waals surface area contributed by atoms with Crippen molar-refractivity contribution in [2.24, 2.45) is 7.05 Å². The average molecular weight is 257 g/mol. The van der Waals surface area contributed by atoms with Gasteiger partial charge in [-0.05, 0) is 25.8 Å². The van der Waals surface area contributed by atoms with Crippen molar-refractivity contribution in [2.45, 2.75) is 39.8 Å². The first kappa shape index (κ1) is 13.8. The van der Waals surface area contributed by atoms with E-state index in [4.69, 9.17) is 0 Å². The van der Waals surface area contributed by atoms with Crippen LogP contribution in [0, 0.1) is 13.8 Å². The minimum absolute atomic E-state index is 0.403. The van der Waals surface area contributed by atoms with E-state index in [2.05, 4.69) is 55.5 Å². The number of nitrogens with zero attached hydrogens (tertiary/aromatic N) is 2. The van der Waals surface area contributed by atoms with Gasteiger partial charge >= 0.3 is 0 Å². The summed E-state index contributed by atoms with van der Waals surface area (Å²) in [4.78, 5) is 0. The van der Waals surface area contributed by atoms with Gasteiger partial charge in [-0.1, -0.05) is 36.8 Å². The van der Waals surface area contributed by atoms with Crippen LogP contribution in [-0.2, 0) is 13.6 Å². The Balaban J connectivity index is 2.03. The smallest absolute Gasteiger partial charge is 0.0537 e. The van der Waals surface area contributed by atoms with Crippen molar-refractivity contribution in [3.8, 4) is 0 Å². The fourth-order valence-electron chi connectivity index (χ4n) is 2.25. The molecule has 3 heteroatoms. The van der Waals surface area contributed by atoms with Crippen molar-refractivity contribution in [1.82, 2.24) is 15.1 Å². The topological polar surface area (TPSA) is 29.9 Å². The van der Waals surface area contributed by atoms with E-state index in [0.29, 0.717) is 6.04 Å². The molecule has 1 aromatic carbocycles. The van der Waals surface area contributed by atoms with Crippen LogP contribution in [0.15, 0.2) is 30.5 Å². The van der Waals surface area contributed by atoms with E-state index in [1.54, 1.807) is 0 Å². The number of hydrogen-bond donors (Lipinski definition) is 1. The summed E-state index contributed by atoms with van der Waals surface area (Å²) in [6.07, 6.45) is 3.03. The molecule has 1 heterocycles. The van der Waals surface area contributed by atoms with Gasteiger partial charge in [0.25, 0.3) is 0 Å². The van der Waals surface area contributed by atoms with E-state index in [9.17, 15) is 0 Å². The third-order valence-electron chi connectivity index (χ3n) is 3.76. The second-order valence-corrected chi connectivity index (χ2v) is 5.13. The van der Waals surface area contributed by atoms with Crippen LogP contribution in [0.3, 0.4) is 0 Å². The van der Waals surface area contributed by atoms with Gasteiger partial charge in [0.05, 0.1) is 6.20 Å². The zero-order chi connectivity index (χ0) is 13.8. The Bertz CT molecular complexity index is 525. The molecule has 0 amide bonds. The number of benzene rings is 1. The second-order valence-electron chi connectivity index (χ2n) is 5.13. The van der Waals surface area contributed by atoms with Crippen LogP contribution in [0.4, 0.5) is 0 Å². The SMILES string of the molecule is CCC(NCc1cnn(C)c1C)c1ccc(C)cc1. The molecular formula is C16H23N3. The molecule has 0 radical (unpaired) electrons. The van der Waals surface area contributed by atoms with Gasteiger partial charge in [0.1, 0.15) is 0 Å². The molecule has 0 fully saturated rings. The van der Waals surface area contributed by atoms with Crippen LogP contribution < -0.4 is 5.32 Å². The van der Waals surface area contributed by atoms with E-state index >= 15 is 0 Å². The third-order valence-corrected chi connectivity index (χ3v) is 3.76. The van der Waals surface area contributed by atoms with E-state index < -0.39 is 0 Å². The highest BCUT2D eigenvalue weighted by molar-refractivity contribution is 5.24. The van der Waals surface area contributed by atoms with Gasteiger partial charge < -0.3 is 5.32 Å². The summed E-state index contributed by atoms with van der Waals surface area (Å²) >= 11 is 0. The van der Waals surface area contributed by atoms with Crippen LogP contribution in [-0.4, -0.2) is 9.78 Å². The molecule has 2 aromatic rings. The van der Waals surface area contributed by atoms with Gasteiger partial charge in [0, 0.05) is 30.9 Å². The van der Waals surface area contributed by atoms with E-state index in [0.717, 1.165) is 13.0 Å². The molecule has 0 aliphatic heterocycles. The maximum Gasteiger partial charge on any atom is 0.0537 e. The summed E-state index contributed by atoms with van der Waals surface area (Å²) in [6.45, 7) is 7.31. The molecule has 102 valence electrons. The van der Waals surface area contributed by atoms with Crippen LogP contribution in [0.1, 0.15) is 41.8 Å². The van der Waals surface area contributed by atoms with Gasteiger partial charge in [-0.15, -0.1) is 0 Å². The summed E-state index contributed by atoms with van der Waals surface area (Å²) in [5, 5.41) is 7.90. The molecule has 1 N–H and O–H groups in total. The highest BCUT2D eigenvalue weighted by atomic mass is 15.3. The van der Waals surface area contributed by atoms with Crippen molar-refractivity contribution >= 4 is 0 Å². The molecule has 1 unspecified atom stereocenters. The van der Waals surface area contributed by atoms with Crippen LogP contribution in [0.2, 0.25) is 0 Å². The lowest BCUT2D eigenvalue weighted by molar-refractivity contribution is 0.517. The Morgan fingerprint density at radius 3 is 2.42 bits per heavy atom. The van der Waals surface area contributed by atoms with Gasteiger partial charge in [0.2, 0.25) is 0 Å². The third kappa shape index (κ3) is 3.24. The summed E-state index contributed by atoms with van der Waals surface area (Å²) in [7, 11) is 1.98. The van der Waals surface area contributed by atoms with E-state index in [1.165, 1.54) is 22.4 Å². The van der Waals surface area contributed by atoms with Gasteiger partial charge in [-0.25, -0.2) is 0 Å². The minimum Gasteiger partial charge on any atom is -0.306 e. The fraction of sp³-hybridized carbons (Fsp3) is 0.438. The Kier molecular flexibility index (Phi) is 4.38. The maximum atomic E-state index is 4.28. The molecule has 0 saturated heterocycles. The zero-order valence-corrected chi connectivity index (χ0v) is 12.3. The molecular weight excluding hydrogens is 234 g/mol. The minimum atomic E-state index is 0.403. The van der Waals surface area contributed by atoms with Crippen molar-refractivity contribution in [3.63, 3.8) is 0 Å². The number of nitrogens with one attached hydrogen (secondary N) is 1. The first-order chi connectivity index (χ1) is 9.11. The normalized spacial score (nSPS) is 12.6. The summed E-state index contributed by atoms with van der Waals surface area (Å²) < 4.78 is 1.92. The van der Waals surface area contributed by atoms with Crippen LogP contribution in [0.5, 0.6) is 0 Å². The van der Waals surface area contributed by atoms with Gasteiger partial charge in [0.15, 0.2) is 0 Å². The number of aryl methyl sites for hydroxylation is 2. The van der Waals surface area contributed by atoms with E-state index in [1.807, 2.05) is 17.9 Å². The van der Waals surface area contributed by atoms with Gasteiger partial charge in [-0.2, -0.15) is 5.10 Å². The summed E-state index contributed by atoms with van der Waals surface area (Å²) in [6, 6.07) is 9.18. The zero-order valence-electron chi connectivity index (χ0n) is 12.3.